The fraction of sp³-hybridized carbons (Fsp3) is 0.320. The molecule has 2 N–H and O–H groups in total. The van der Waals surface area contributed by atoms with Crippen LogP contribution in [0.2, 0.25) is 10.0 Å². The molecule has 0 spiro atoms. The number of aromatic nitrogens is 4. The summed E-state index contributed by atoms with van der Waals surface area (Å²) in [7, 11) is 0. The predicted molar refractivity (Wildman–Crippen MR) is 135 cm³/mol. The Bertz CT molecular complexity index is 1370. The third-order valence-corrected chi connectivity index (χ3v) is 5.81. The molecule has 0 saturated carbocycles. The van der Waals surface area contributed by atoms with Crippen molar-refractivity contribution in [2.45, 2.75) is 45.6 Å². The van der Waals surface area contributed by atoms with Crippen LogP contribution >= 0.6 is 23.2 Å². The molecule has 4 rings (SSSR count). The summed E-state index contributed by atoms with van der Waals surface area (Å²) < 4.78 is 7.16. The van der Waals surface area contributed by atoms with Gasteiger partial charge in [0.2, 0.25) is 0 Å². The van der Waals surface area contributed by atoms with Crippen molar-refractivity contribution in [2.75, 3.05) is 6.61 Å². The van der Waals surface area contributed by atoms with Gasteiger partial charge in [-0.3, -0.25) is 4.79 Å². The third-order valence-electron chi connectivity index (χ3n) is 5.20. The number of benzene rings is 2. The lowest BCUT2D eigenvalue weighted by Crippen LogP contribution is -2.27. The molecule has 0 atom stereocenters. The summed E-state index contributed by atoms with van der Waals surface area (Å²) in [4.78, 5) is 20.7. The summed E-state index contributed by atoms with van der Waals surface area (Å²) in [6, 6.07) is 12.6. The van der Waals surface area contributed by atoms with Gasteiger partial charge >= 0.3 is 0 Å². The smallest absolute Gasteiger partial charge is 0.262 e. The maximum Gasteiger partial charge on any atom is 0.262 e. The summed E-state index contributed by atoms with van der Waals surface area (Å²) in [6.45, 7) is 7.49. The van der Waals surface area contributed by atoms with Crippen LogP contribution in [0.25, 0.3) is 16.7 Å². The standard InChI is InChI=1S/C25H26Cl2N4O3/c1-14(2)21-20-23(31(30-21)22-17(26)6-5-7-18(22)27)28-19(29-24(20)32)12-15-8-10-16(11-9-15)34-13-25(3,4)33/h5-11,14,33H,12-13H2,1-4H3,(H,28,29,32). The Morgan fingerprint density at radius 3 is 2.35 bits per heavy atom. The summed E-state index contributed by atoms with van der Waals surface area (Å²) in [5.74, 6) is 1.13. The van der Waals surface area contributed by atoms with Gasteiger partial charge in [-0.05, 0) is 49.6 Å². The van der Waals surface area contributed by atoms with Gasteiger partial charge in [0.25, 0.3) is 5.56 Å². The molecule has 0 saturated heterocycles. The van der Waals surface area contributed by atoms with Crippen LogP contribution in [0.3, 0.4) is 0 Å². The largest absolute Gasteiger partial charge is 0.491 e. The number of hydrogen-bond acceptors (Lipinski definition) is 5. The first kappa shape index (κ1) is 24.3. The van der Waals surface area contributed by atoms with Crippen LogP contribution in [0.5, 0.6) is 5.75 Å². The topological polar surface area (TPSA) is 93.0 Å². The van der Waals surface area contributed by atoms with Crippen LogP contribution in [-0.4, -0.2) is 37.1 Å². The van der Waals surface area contributed by atoms with Crippen molar-refractivity contribution in [1.82, 2.24) is 19.7 Å². The van der Waals surface area contributed by atoms with Crippen molar-refractivity contribution >= 4 is 34.2 Å². The molecule has 178 valence electrons. The second-order valence-electron chi connectivity index (χ2n) is 9.16. The first-order valence-corrected chi connectivity index (χ1v) is 11.7. The zero-order chi connectivity index (χ0) is 24.6. The SMILES string of the molecule is CC(C)c1nn(-c2c(Cl)cccc2Cl)c2nc(Cc3ccc(OCC(C)(C)O)cc3)[nH]c(=O)c12. The van der Waals surface area contributed by atoms with E-state index in [0.29, 0.717) is 50.5 Å². The van der Waals surface area contributed by atoms with E-state index in [0.717, 1.165) is 5.56 Å². The molecule has 2 aromatic carbocycles. The Hall–Kier alpha value is -2.87. The minimum Gasteiger partial charge on any atom is -0.491 e. The van der Waals surface area contributed by atoms with E-state index in [1.807, 2.05) is 38.1 Å². The Kier molecular flexibility index (Phi) is 6.71. The van der Waals surface area contributed by atoms with Crippen molar-refractivity contribution in [3.63, 3.8) is 0 Å². The highest BCUT2D eigenvalue weighted by molar-refractivity contribution is 6.37. The van der Waals surface area contributed by atoms with E-state index >= 15 is 0 Å². The van der Waals surface area contributed by atoms with Gasteiger partial charge in [-0.15, -0.1) is 0 Å². The van der Waals surface area contributed by atoms with Crippen LogP contribution < -0.4 is 10.3 Å². The molecule has 0 radical (unpaired) electrons. The number of rotatable bonds is 7. The Morgan fingerprint density at radius 1 is 1.12 bits per heavy atom. The molecule has 9 heteroatoms. The predicted octanol–water partition coefficient (Wildman–Crippen LogP) is 5.28. The zero-order valence-electron chi connectivity index (χ0n) is 19.4. The Labute approximate surface area is 207 Å². The van der Waals surface area contributed by atoms with E-state index in [-0.39, 0.29) is 18.1 Å². The number of nitrogens with zero attached hydrogens (tertiary/aromatic N) is 3. The summed E-state index contributed by atoms with van der Waals surface area (Å²) in [6.07, 6.45) is 0.398. The van der Waals surface area contributed by atoms with Crippen LogP contribution in [0.15, 0.2) is 47.3 Å². The summed E-state index contributed by atoms with van der Waals surface area (Å²) in [5.41, 5.74) is 1.27. The molecule has 0 amide bonds. The number of H-pyrrole nitrogens is 1. The van der Waals surface area contributed by atoms with E-state index in [1.54, 1.807) is 36.7 Å². The molecule has 0 aliphatic rings. The average molecular weight is 501 g/mol. The minimum absolute atomic E-state index is 0.00444. The minimum atomic E-state index is -0.917. The second kappa shape index (κ2) is 9.41. The second-order valence-corrected chi connectivity index (χ2v) is 9.97. The molecule has 0 unspecified atom stereocenters. The number of aliphatic hydroxyl groups is 1. The highest BCUT2D eigenvalue weighted by atomic mass is 35.5. The number of nitrogens with one attached hydrogen (secondary N) is 1. The monoisotopic (exact) mass is 500 g/mol. The van der Waals surface area contributed by atoms with Crippen LogP contribution in [-0.2, 0) is 6.42 Å². The highest BCUT2D eigenvalue weighted by Crippen LogP contribution is 2.32. The summed E-state index contributed by atoms with van der Waals surface area (Å²) >= 11 is 12.9. The van der Waals surface area contributed by atoms with Crippen molar-refractivity contribution in [1.29, 1.82) is 0 Å². The zero-order valence-corrected chi connectivity index (χ0v) is 20.9. The average Bonchev–Trinajstić information content (AvgIpc) is 3.13. The number of para-hydroxylation sites is 1. The Balaban J connectivity index is 1.74. The molecular formula is C25H26Cl2N4O3. The normalized spacial score (nSPS) is 12.0. The van der Waals surface area contributed by atoms with Crippen molar-refractivity contribution in [3.8, 4) is 11.4 Å². The number of aromatic amines is 1. The molecule has 34 heavy (non-hydrogen) atoms. The lowest BCUT2D eigenvalue weighted by molar-refractivity contribution is 0.0285. The van der Waals surface area contributed by atoms with E-state index in [9.17, 15) is 9.90 Å². The van der Waals surface area contributed by atoms with Gasteiger partial charge in [0.1, 0.15) is 29.3 Å². The highest BCUT2D eigenvalue weighted by Gasteiger charge is 2.22. The lowest BCUT2D eigenvalue weighted by atomic mass is 10.1. The van der Waals surface area contributed by atoms with Crippen LogP contribution in [0.1, 0.15) is 50.7 Å². The fourth-order valence-corrected chi connectivity index (χ4v) is 4.15. The van der Waals surface area contributed by atoms with Gasteiger partial charge in [-0.25, -0.2) is 9.67 Å². The van der Waals surface area contributed by atoms with Crippen molar-refractivity contribution in [3.05, 3.63) is 79.9 Å². The number of halogens is 2. The molecule has 7 nitrogen and oxygen atoms in total. The first-order chi connectivity index (χ1) is 16.0. The first-order valence-electron chi connectivity index (χ1n) is 10.9. The van der Waals surface area contributed by atoms with E-state index in [4.69, 9.17) is 32.9 Å². The molecule has 2 heterocycles. The molecule has 2 aromatic heterocycles. The van der Waals surface area contributed by atoms with Gasteiger partial charge in [-0.2, -0.15) is 5.10 Å². The molecular weight excluding hydrogens is 475 g/mol. The lowest BCUT2D eigenvalue weighted by Gasteiger charge is -2.17. The van der Waals surface area contributed by atoms with Gasteiger partial charge < -0.3 is 14.8 Å². The molecule has 0 aliphatic carbocycles. The maximum absolute atomic E-state index is 13.1. The van der Waals surface area contributed by atoms with E-state index in [1.165, 1.54) is 0 Å². The molecule has 0 aliphatic heterocycles. The van der Waals surface area contributed by atoms with Crippen molar-refractivity contribution < 1.29 is 9.84 Å². The van der Waals surface area contributed by atoms with Crippen molar-refractivity contribution in [2.24, 2.45) is 0 Å². The van der Waals surface area contributed by atoms with Gasteiger partial charge in [0, 0.05) is 6.42 Å². The maximum atomic E-state index is 13.1. The van der Waals surface area contributed by atoms with Gasteiger partial charge in [0.15, 0.2) is 5.65 Å². The van der Waals surface area contributed by atoms with E-state index < -0.39 is 5.60 Å². The summed E-state index contributed by atoms with van der Waals surface area (Å²) in [5, 5.41) is 15.7. The number of fused-ring (bicyclic) bond motifs is 1. The third kappa shape index (κ3) is 5.12. The number of hydrogen-bond donors (Lipinski definition) is 2. The fourth-order valence-electron chi connectivity index (χ4n) is 3.59. The van der Waals surface area contributed by atoms with Crippen LogP contribution in [0, 0.1) is 0 Å². The van der Waals surface area contributed by atoms with E-state index in [2.05, 4.69) is 10.1 Å². The molecule has 0 bridgehead atoms. The van der Waals surface area contributed by atoms with Gasteiger partial charge in [0.05, 0.1) is 21.3 Å². The van der Waals surface area contributed by atoms with Gasteiger partial charge in [-0.1, -0.05) is 55.2 Å². The quantitative estimate of drug-likeness (QED) is 0.360. The Morgan fingerprint density at radius 2 is 1.76 bits per heavy atom. The molecule has 4 aromatic rings. The molecule has 0 fully saturated rings. The number of ether oxygens (including phenoxy) is 1. The van der Waals surface area contributed by atoms with Crippen LogP contribution in [0.4, 0.5) is 0 Å².